The van der Waals surface area contributed by atoms with Crippen LogP contribution in [0.1, 0.15) is 56.6 Å². The van der Waals surface area contributed by atoms with Crippen LogP contribution in [0.5, 0.6) is 0 Å². The topological polar surface area (TPSA) is 95.9 Å². The van der Waals surface area contributed by atoms with Crippen LogP contribution < -0.4 is 5.32 Å². The van der Waals surface area contributed by atoms with Crippen LogP contribution in [0.2, 0.25) is 0 Å². The van der Waals surface area contributed by atoms with Crippen LogP contribution in [-0.4, -0.2) is 53.7 Å². The maximum atomic E-state index is 12.8. The lowest BCUT2D eigenvalue weighted by Crippen LogP contribution is -2.40. The lowest BCUT2D eigenvalue weighted by Gasteiger charge is -2.25. The number of carbonyl (C=O) groups is 3. The third-order valence-corrected chi connectivity index (χ3v) is 6.76. The summed E-state index contributed by atoms with van der Waals surface area (Å²) in [4.78, 5) is 38.1. The van der Waals surface area contributed by atoms with Crippen molar-refractivity contribution in [3.8, 4) is 11.1 Å². The number of aliphatic carboxylic acids is 1. The fourth-order valence-electron chi connectivity index (χ4n) is 5.10. The summed E-state index contributed by atoms with van der Waals surface area (Å²) in [5.41, 5.74) is 4.66. The number of alkyl carbamates (subject to hydrolysis) is 1. The molecule has 2 aliphatic carbocycles. The molecule has 186 valence electrons. The van der Waals surface area contributed by atoms with Gasteiger partial charge in [0, 0.05) is 24.9 Å². The molecule has 0 spiro atoms. The molecule has 1 fully saturated rings. The van der Waals surface area contributed by atoms with Crippen molar-refractivity contribution in [2.75, 3.05) is 19.7 Å². The van der Waals surface area contributed by atoms with E-state index in [1.165, 1.54) is 16.0 Å². The van der Waals surface area contributed by atoms with E-state index < -0.39 is 12.1 Å². The lowest BCUT2D eigenvalue weighted by atomic mass is 9.93. The minimum atomic E-state index is -0.998. The molecule has 4 rings (SSSR count). The summed E-state index contributed by atoms with van der Waals surface area (Å²) in [6, 6.07) is 16.4. The molecule has 0 aromatic heterocycles. The third-order valence-electron chi connectivity index (χ3n) is 6.76. The Morgan fingerprint density at radius 3 is 2.17 bits per heavy atom. The molecule has 2 aliphatic rings. The van der Waals surface area contributed by atoms with Crippen molar-refractivity contribution in [1.82, 2.24) is 10.2 Å². The predicted molar refractivity (Wildman–Crippen MR) is 133 cm³/mol. The molecule has 1 saturated carbocycles. The highest BCUT2D eigenvalue weighted by molar-refractivity contribution is 5.82. The van der Waals surface area contributed by atoms with Gasteiger partial charge in [0.1, 0.15) is 13.2 Å². The second kappa shape index (κ2) is 10.9. The van der Waals surface area contributed by atoms with Gasteiger partial charge in [-0.1, -0.05) is 62.4 Å². The number of carboxylic acid groups (broad SMARTS) is 1. The molecule has 2 amide bonds. The van der Waals surface area contributed by atoms with Gasteiger partial charge in [-0.2, -0.15) is 0 Å². The number of hydrogen-bond acceptors (Lipinski definition) is 4. The van der Waals surface area contributed by atoms with E-state index in [9.17, 15) is 14.4 Å². The molecule has 1 atom stereocenters. The van der Waals surface area contributed by atoms with Gasteiger partial charge in [-0.3, -0.25) is 9.59 Å². The average Bonchev–Trinajstić information content (AvgIpc) is 3.61. The van der Waals surface area contributed by atoms with E-state index in [4.69, 9.17) is 9.84 Å². The fourth-order valence-corrected chi connectivity index (χ4v) is 5.10. The van der Waals surface area contributed by atoms with Crippen LogP contribution in [0.4, 0.5) is 4.79 Å². The number of nitrogens with zero attached hydrogens (tertiary/aromatic N) is 1. The molecular formula is C28H34N2O5. The first-order valence-corrected chi connectivity index (χ1v) is 12.4. The van der Waals surface area contributed by atoms with Crippen LogP contribution in [0.25, 0.3) is 11.1 Å². The summed E-state index contributed by atoms with van der Waals surface area (Å²) in [5.74, 6) is -0.911. The molecular weight excluding hydrogens is 444 g/mol. The van der Waals surface area contributed by atoms with Crippen molar-refractivity contribution in [1.29, 1.82) is 0 Å². The van der Waals surface area contributed by atoms with E-state index in [0.29, 0.717) is 12.5 Å². The highest BCUT2D eigenvalue weighted by Crippen LogP contribution is 2.44. The van der Waals surface area contributed by atoms with E-state index in [-0.39, 0.29) is 43.4 Å². The van der Waals surface area contributed by atoms with Crippen molar-refractivity contribution in [3.05, 3.63) is 59.7 Å². The highest BCUT2D eigenvalue weighted by Gasteiger charge is 2.35. The predicted octanol–water partition coefficient (Wildman–Crippen LogP) is 4.65. The number of carboxylic acids is 1. The largest absolute Gasteiger partial charge is 0.480 e. The van der Waals surface area contributed by atoms with Crippen LogP contribution in [-0.2, 0) is 14.3 Å². The Hall–Kier alpha value is -3.35. The van der Waals surface area contributed by atoms with Crippen molar-refractivity contribution in [3.63, 3.8) is 0 Å². The van der Waals surface area contributed by atoms with Crippen LogP contribution >= 0.6 is 0 Å². The summed E-state index contributed by atoms with van der Waals surface area (Å²) in [6.07, 6.45) is 2.17. The van der Waals surface area contributed by atoms with Gasteiger partial charge in [-0.15, -0.1) is 0 Å². The Balaban J connectivity index is 1.33. The number of hydrogen-bond donors (Lipinski definition) is 2. The molecule has 0 saturated heterocycles. The minimum Gasteiger partial charge on any atom is -0.480 e. The molecule has 2 aromatic carbocycles. The monoisotopic (exact) mass is 478 g/mol. The van der Waals surface area contributed by atoms with E-state index >= 15 is 0 Å². The maximum Gasteiger partial charge on any atom is 0.407 e. The van der Waals surface area contributed by atoms with Gasteiger partial charge in [-0.25, -0.2) is 4.79 Å². The normalized spacial score (nSPS) is 15.3. The number of nitrogens with one attached hydrogen (secondary N) is 1. The number of fused-ring (bicyclic) bond motifs is 3. The van der Waals surface area contributed by atoms with E-state index in [1.807, 2.05) is 24.3 Å². The van der Waals surface area contributed by atoms with Gasteiger partial charge < -0.3 is 20.1 Å². The first-order chi connectivity index (χ1) is 16.8. The average molecular weight is 479 g/mol. The molecule has 0 heterocycles. The first-order valence-electron chi connectivity index (χ1n) is 12.4. The number of rotatable bonds is 11. The summed E-state index contributed by atoms with van der Waals surface area (Å²) in [5, 5.41) is 12.0. The molecule has 2 aromatic rings. The van der Waals surface area contributed by atoms with Crippen LogP contribution in [0.15, 0.2) is 48.5 Å². The van der Waals surface area contributed by atoms with Crippen LogP contribution in [0, 0.1) is 11.8 Å². The minimum absolute atomic E-state index is 0.00990. The number of carbonyl (C=O) groups excluding carboxylic acids is 2. The molecule has 7 heteroatoms. The maximum absolute atomic E-state index is 12.8. The smallest absolute Gasteiger partial charge is 0.407 e. The van der Waals surface area contributed by atoms with Crippen molar-refractivity contribution >= 4 is 18.0 Å². The Kier molecular flexibility index (Phi) is 7.73. The molecule has 0 radical (unpaired) electrons. The second-order valence-corrected chi connectivity index (χ2v) is 10.1. The standard InChI is InChI=1S/C28H34N2O5/c1-18(2)13-19(14-26(31)30(16-27(32)33)20-11-12-20)15-29-28(34)35-17-25-23-9-5-3-7-21(23)22-8-4-6-10-24(22)25/h3-10,18-20,25H,11-17H2,1-2H3,(H,29,34)(H,32,33). The third kappa shape index (κ3) is 6.21. The van der Waals surface area contributed by atoms with Gasteiger partial charge in [0.15, 0.2) is 0 Å². The Morgan fingerprint density at radius 2 is 1.63 bits per heavy atom. The van der Waals surface area contributed by atoms with Gasteiger partial charge in [0.05, 0.1) is 0 Å². The zero-order valence-electron chi connectivity index (χ0n) is 20.4. The summed E-state index contributed by atoms with van der Waals surface area (Å²) >= 11 is 0. The molecule has 1 unspecified atom stereocenters. The Morgan fingerprint density at radius 1 is 1.03 bits per heavy atom. The molecule has 35 heavy (non-hydrogen) atoms. The zero-order chi connectivity index (χ0) is 24.9. The Labute approximate surface area is 206 Å². The quantitative estimate of drug-likeness (QED) is 0.490. The number of benzene rings is 2. The van der Waals surface area contributed by atoms with Crippen molar-refractivity contribution < 1.29 is 24.2 Å². The van der Waals surface area contributed by atoms with Gasteiger partial charge in [0.2, 0.25) is 5.91 Å². The number of ether oxygens (including phenoxy) is 1. The molecule has 2 N–H and O–H groups in total. The lowest BCUT2D eigenvalue weighted by molar-refractivity contribution is -0.145. The summed E-state index contributed by atoms with van der Waals surface area (Å²) in [6.45, 7) is 4.42. The zero-order valence-corrected chi connectivity index (χ0v) is 20.4. The van der Waals surface area contributed by atoms with Gasteiger partial charge >= 0.3 is 12.1 Å². The molecule has 0 aliphatic heterocycles. The van der Waals surface area contributed by atoms with Crippen LogP contribution in [0.3, 0.4) is 0 Å². The SMILES string of the molecule is CC(C)CC(CNC(=O)OCC1c2ccccc2-c2ccccc21)CC(=O)N(CC(=O)O)C1CC1. The number of amides is 2. The highest BCUT2D eigenvalue weighted by atomic mass is 16.5. The molecule has 0 bridgehead atoms. The summed E-state index contributed by atoms with van der Waals surface area (Å²) < 4.78 is 5.63. The van der Waals surface area contributed by atoms with Crippen molar-refractivity contribution in [2.24, 2.45) is 11.8 Å². The molecule has 7 nitrogen and oxygen atoms in total. The fraction of sp³-hybridized carbons (Fsp3) is 0.464. The van der Waals surface area contributed by atoms with E-state index in [1.54, 1.807) is 0 Å². The van der Waals surface area contributed by atoms with Crippen molar-refractivity contribution in [2.45, 2.75) is 51.5 Å². The second-order valence-electron chi connectivity index (χ2n) is 10.1. The summed E-state index contributed by atoms with van der Waals surface area (Å²) in [7, 11) is 0. The Bertz CT molecular complexity index is 1030. The van der Waals surface area contributed by atoms with E-state index in [2.05, 4.69) is 43.4 Å². The van der Waals surface area contributed by atoms with Gasteiger partial charge in [-0.05, 0) is 53.4 Å². The van der Waals surface area contributed by atoms with E-state index in [0.717, 1.165) is 30.4 Å². The van der Waals surface area contributed by atoms with Gasteiger partial charge in [0.25, 0.3) is 0 Å². The first kappa shape index (κ1) is 24.8.